The third kappa shape index (κ3) is 3.37. The highest BCUT2D eigenvalue weighted by molar-refractivity contribution is 5.83. The molecule has 31 heavy (non-hydrogen) atoms. The van der Waals surface area contributed by atoms with Gasteiger partial charge in [-0.25, -0.2) is 9.78 Å². The van der Waals surface area contributed by atoms with Gasteiger partial charge in [-0.15, -0.1) is 5.10 Å². The van der Waals surface area contributed by atoms with E-state index in [1.54, 1.807) is 11.6 Å². The molecule has 11 nitrogen and oxygen atoms in total. The molecule has 1 amide bonds. The van der Waals surface area contributed by atoms with Crippen molar-refractivity contribution >= 4 is 28.7 Å². The molecule has 11 heteroatoms. The molecule has 2 aromatic heterocycles. The first-order valence-corrected chi connectivity index (χ1v) is 9.61. The van der Waals surface area contributed by atoms with Gasteiger partial charge in [0.2, 0.25) is 18.0 Å². The lowest BCUT2D eigenvalue weighted by Gasteiger charge is -2.20. The van der Waals surface area contributed by atoms with Gasteiger partial charge < -0.3 is 14.2 Å². The molecule has 0 saturated heterocycles. The molecular weight excluding hydrogens is 402 g/mol. The molecule has 0 N–H and O–H groups in total. The van der Waals surface area contributed by atoms with Crippen molar-refractivity contribution in [3.63, 3.8) is 0 Å². The number of hydrogen-bond acceptors (Lipinski definition) is 7. The lowest BCUT2D eigenvalue weighted by Crippen LogP contribution is -2.37. The van der Waals surface area contributed by atoms with E-state index in [0.29, 0.717) is 5.65 Å². The van der Waals surface area contributed by atoms with Crippen LogP contribution in [-0.2, 0) is 30.2 Å². The van der Waals surface area contributed by atoms with Gasteiger partial charge in [0.15, 0.2) is 5.52 Å². The van der Waals surface area contributed by atoms with E-state index in [1.165, 1.54) is 29.9 Å². The van der Waals surface area contributed by atoms with Crippen molar-refractivity contribution in [1.82, 2.24) is 23.7 Å². The van der Waals surface area contributed by atoms with Crippen molar-refractivity contribution < 1.29 is 9.53 Å². The van der Waals surface area contributed by atoms with E-state index in [2.05, 4.69) is 10.1 Å². The first kappa shape index (κ1) is 20.4. The summed E-state index contributed by atoms with van der Waals surface area (Å²) in [5, 5.41) is 5.60. The molecule has 3 heterocycles. The number of aryl methyl sites for hydroxylation is 1. The molecule has 0 bridgehead atoms. The first-order valence-electron chi connectivity index (χ1n) is 9.61. The van der Waals surface area contributed by atoms with Crippen LogP contribution < -0.4 is 16.1 Å². The number of nitrogens with zero attached hydrogens (tertiary/aromatic N) is 7. The summed E-state index contributed by atoms with van der Waals surface area (Å²) in [6, 6.07) is 7.64. The van der Waals surface area contributed by atoms with E-state index < -0.39 is 17.5 Å². The molecule has 4 rings (SSSR count). The average Bonchev–Trinajstić information content (AvgIpc) is 3.36. The molecule has 1 aliphatic heterocycles. The number of anilines is 1. The fourth-order valence-electron chi connectivity index (χ4n) is 3.53. The maximum Gasteiger partial charge on any atom is 0.332 e. The predicted octanol–water partition coefficient (Wildman–Crippen LogP) is 0.391. The topological polar surface area (TPSA) is 107 Å². The highest BCUT2D eigenvalue weighted by Crippen LogP contribution is 2.30. The van der Waals surface area contributed by atoms with Crippen LogP contribution in [0.4, 0.5) is 5.69 Å². The van der Waals surface area contributed by atoms with E-state index >= 15 is 0 Å². The van der Waals surface area contributed by atoms with E-state index in [-0.39, 0.29) is 23.9 Å². The van der Waals surface area contributed by atoms with Crippen LogP contribution in [0.15, 0.2) is 45.3 Å². The van der Waals surface area contributed by atoms with Gasteiger partial charge in [0.05, 0.1) is 6.33 Å². The van der Waals surface area contributed by atoms with Crippen molar-refractivity contribution in [3.05, 3.63) is 57.0 Å². The molecule has 0 aliphatic carbocycles. The molecule has 1 aliphatic rings. The normalized spacial score (nSPS) is 15.8. The number of hydrazone groups is 1. The second kappa shape index (κ2) is 7.42. The predicted molar refractivity (Wildman–Crippen MR) is 115 cm³/mol. The lowest BCUT2D eigenvalue weighted by molar-refractivity contribution is -0.135. The van der Waals surface area contributed by atoms with Crippen LogP contribution in [0.2, 0.25) is 0 Å². The summed E-state index contributed by atoms with van der Waals surface area (Å²) in [5.74, 6) is -0.00208. The van der Waals surface area contributed by atoms with Crippen molar-refractivity contribution in [2.24, 2.45) is 19.2 Å². The summed E-state index contributed by atoms with van der Waals surface area (Å²) >= 11 is 0. The third-order valence-corrected chi connectivity index (χ3v) is 5.22. The van der Waals surface area contributed by atoms with Gasteiger partial charge >= 0.3 is 5.69 Å². The van der Waals surface area contributed by atoms with Crippen LogP contribution in [0.25, 0.3) is 11.2 Å². The number of benzene rings is 1. The first-order chi connectivity index (χ1) is 14.7. The molecule has 0 radical (unpaired) electrons. The lowest BCUT2D eigenvalue weighted by atomic mass is 10.1. The summed E-state index contributed by atoms with van der Waals surface area (Å²) in [7, 11) is 6.86. The second-order valence-electron chi connectivity index (χ2n) is 7.56. The highest BCUT2D eigenvalue weighted by Gasteiger charge is 2.33. The maximum absolute atomic E-state index is 12.4. The van der Waals surface area contributed by atoms with Crippen LogP contribution in [0.3, 0.4) is 0 Å². The van der Waals surface area contributed by atoms with Crippen LogP contribution in [0, 0.1) is 0 Å². The Labute approximate surface area is 177 Å². The van der Waals surface area contributed by atoms with Gasteiger partial charge in [-0.05, 0) is 12.1 Å². The number of amides is 1. The Bertz CT molecular complexity index is 1310. The monoisotopic (exact) mass is 425 g/mol. The molecule has 1 aromatic carbocycles. The number of hydrogen-bond donors (Lipinski definition) is 0. The van der Waals surface area contributed by atoms with Crippen molar-refractivity contribution in [2.45, 2.75) is 19.7 Å². The maximum atomic E-state index is 12.4. The Morgan fingerprint density at radius 1 is 1.13 bits per heavy atom. The van der Waals surface area contributed by atoms with Gasteiger partial charge in [0, 0.05) is 46.4 Å². The number of aromatic nitrogens is 4. The molecule has 162 valence electrons. The van der Waals surface area contributed by atoms with Gasteiger partial charge in [-0.3, -0.25) is 18.7 Å². The van der Waals surface area contributed by atoms with Gasteiger partial charge in [0.25, 0.3) is 5.56 Å². The summed E-state index contributed by atoms with van der Waals surface area (Å²) in [6.07, 6.45) is 0.754. The minimum absolute atomic E-state index is 0.104. The number of fused-ring (bicyclic) bond motifs is 1. The second-order valence-corrected chi connectivity index (χ2v) is 7.56. The summed E-state index contributed by atoms with van der Waals surface area (Å²) in [5.41, 5.74) is 1.38. The van der Waals surface area contributed by atoms with Gasteiger partial charge in [-0.1, -0.05) is 12.1 Å². The molecule has 0 fully saturated rings. The zero-order valence-electron chi connectivity index (χ0n) is 17.9. The quantitative estimate of drug-likeness (QED) is 0.599. The Hall–Kier alpha value is -3.89. The number of imidazole rings is 1. The van der Waals surface area contributed by atoms with Gasteiger partial charge in [-0.2, -0.15) is 5.01 Å². The molecule has 1 unspecified atom stereocenters. The molecule has 0 saturated carbocycles. The molecular formula is C20H23N7O4. The van der Waals surface area contributed by atoms with Gasteiger partial charge in [0.1, 0.15) is 12.2 Å². The van der Waals surface area contributed by atoms with E-state index in [0.717, 1.165) is 15.8 Å². The zero-order valence-corrected chi connectivity index (χ0v) is 17.9. The standard InChI is InChI=1S/C20H23N7O4/c1-12(28)27-19(13-6-8-14(9-7-13)23(2)3)31-15(22-27)10-26-11-21-16-17(26)24(4)20(30)25(5)18(16)29/h6-9,11,19H,10H2,1-5H3. The van der Waals surface area contributed by atoms with Crippen molar-refractivity contribution in [1.29, 1.82) is 0 Å². The number of carbonyl (C=O) groups is 1. The fraction of sp³-hybridized carbons (Fsp3) is 0.350. The Kier molecular flexibility index (Phi) is 4.88. The smallest absolute Gasteiger partial charge is 0.332 e. The summed E-state index contributed by atoms with van der Waals surface area (Å²) < 4.78 is 9.95. The van der Waals surface area contributed by atoms with Crippen LogP contribution in [0.1, 0.15) is 18.7 Å². The Balaban J connectivity index is 1.67. The van der Waals surface area contributed by atoms with Crippen LogP contribution in [-0.4, -0.2) is 49.6 Å². The molecule has 0 spiro atoms. The minimum atomic E-state index is -0.699. The third-order valence-electron chi connectivity index (χ3n) is 5.22. The average molecular weight is 425 g/mol. The summed E-state index contributed by atoms with van der Waals surface area (Å²) in [6.45, 7) is 1.52. The van der Waals surface area contributed by atoms with E-state index in [9.17, 15) is 14.4 Å². The van der Waals surface area contributed by atoms with E-state index in [1.807, 2.05) is 43.3 Å². The highest BCUT2D eigenvalue weighted by atomic mass is 16.5. The Morgan fingerprint density at radius 3 is 2.42 bits per heavy atom. The zero-order chi connectivity index (χ0) is 22.4. The number of rotatable bonds is 4. The molecule has 3 aromatic rings. The van der Waals surface area contributed by atoms with Crippen molar-refractivity contribution in [2.75, 3.05) is 19.0 Å². The SMILES string of the molecule is CC(=O)N1N=C(Cn2cnc3c(=O)n(C)c(=O)n(C)c32)OC1c1ccc(N(C)C)cc1. The van der Waals surface area contributed by atoms with Crippen LogP contribution in [0.5, 0.6) is 0 Å². The minimum Gasteiger partial charge on any atom is -0.448 e. The fourth-order valence-corrected chi connectivity index (χ4v) is 3.53. The number of ether oxygens (including phenoxy) is 1. The largest absolute Gasteiger partial charge is 0.448 e. The van der Waals surface area contributed by atoms with E-state index in [4.69, 9.17) is 4.74 Å². The van der Waals surface area contributed by atoms with Crippen molar-refractivity contribution in [3.8, 4) is 0 Å². The number of carbonyl (C=O) groups excluding carboxylic acids is 1. The summed E-state index contributed by atoms with van der Waals surface area (Å²) in [4.78, 5) is 43.0. The van der Waals surface area contributed by atoms with Crippen LogP contribution >= 0.6 is 0 Å². The molecule has 1 atom stereocenters. The Morgan fingerprint density at radius 2 is 1.81 bits per heavy atom.